The third kappa shape index (κ3) is 1.85. The molecule has 0 aliphatic carbocycles. The summed E-state index contributed by atoms with van der Waals surface area (Å²) in [5, 5.41) is 3.19. The number of piperazine rings is 1. The number of carbonyl (C=O) groups is 3. The molecule has 0 spiro atoms. The summed E-state index contributed by atoms with van der Waals surface area (Å²) in [7, 11) is 0. The van der Waals surface area contributed by atoms with Crippen molar-refractivity contribution in [2.75, 3.05) is 26.2 Å². The molecule has 7 heteroatoms. The molecule has 4 rings (SSSR count). The summed E-state index contributed by atoms with van der Waals surface area (Å²) < 4.78 is 5.71. The Morgan fingerprint density at radius 3 is 2.23 bits per heavy atom. The van der Waals surface area contributed by atoms with E-state index in [9.17, 15) is 14.4 Å². The Labute approximate surface area is 128 Å². The molecule has 4 saturated heterocycles. The van der Waals surface area contributed by atoms with Gasteiger partial charge in [-0.05, 0) is 19.8 Å². The number of rotatable bonds is 2. The average molecular weight is 307 g/mol. The summed E-state index contributed by atoms with van der Waals surface area (Å²) in [6.45, 7) is 4.43. The maximum Gasteiger partial charge on any atom is 0.245 e. The van der Waals surface area contributed by atoms with E-state index in [1.807, 2.05) is 0 Å². The number of hydrogen-bond acceptors (Lipinski definition) is 5. The number of imide groups is 1. The second kappa shape index (κ2) is 5.03. The normalized spacial score (nSPS) is 38.6. The minimum Gasteiger partial charge on any atom is -0.373 e. The Kier molecular flexibility index (Phi) is 3.23. The zero-order valence-electron chi connectivity index (χ0n) is 12.7. The largest absolute Gasteiger partial charge is 0.373 e. The molecule has 22 heavy (non-hydrogen) atoms. The van der Waals surface area contributed by atoms with E-state index in [1.54, 1.807) is 11.8 Å². The van der Waals surface area contributed by atoms with E-state index in [0.717, 1.165) is 25.9 Å². The van der Waals surface area contributed by atoms with Crippen LogP contribution in [0, 0.1) is 11.8 Å². The fourth-order valence-electron chi connectivity index (χ4n) is 4.38. The quantitative estimate of drug-likeness (QED) is 0.660. The molecule has 4 aliphatic heterocycles. The summed E-state index contributed by atoms with van der Waals surface area (Å²) >= 11 is 0. The SMILES string of the molecule is CC(C(=O)N1CCNCC1)N1C(=O)C2C3CCC(O3)C2C1=O. The number of ether oxygens (including phenoxy) is 1. The van der Waals surface area contributed by atoms with Crippen LogP contribution in [0.5, 0.6) is 0 Å². The predicted octanol–water partition coefficient (Wildman–Crippen LogP) is -1.03. The highest BCUT2D eigenvalue weighted by Gasteiger charge is 2.63. The standard InChI is InChI=1S/C15H21N3O4/c1-8(13(19)17-6-4-16-5-7-17)18-14(20)11-9-2-3-10(22-9)12(11)15(18)21/h8-12,16H,2-7H2,1H3. The molecule has 0 radical (unpaired) electrons. The van der Waals surface area contributed by atoms with Gasteiger partial charge in [0.1, 0.15) is 6.04 Å². The molecule has 0 aromatic carbocycles. The van der Waals surface area contributed by atoms with Gasteiger partial charge in [0.15, 0.2) is 0 Å². The molecular formula is C15H21N3O4. The van der Waals surface area contributed by atoms with Crippen LogP contribution < -0.4 is 5.32 Å². The lowest BCUT2D eigenvalue weighted by molar-refractivity contribution is -0.153. The Hall–Kier alpha value is -1.47. The van der Waals surface area contributed by atoms with Crippen molar-refractivity contribution in [3.05, 3.63) is 0 Å². The van der Waals surface area contributed by atoms with Gasteiger partial charge < -0.3 is 15.0 Å². The van der Waals surface area contributed by atoms with Crippen LogP contribution in [0.1, 0.15) is 19.8 Å². The van der Waals surface area contributed by atoms with Crippen LogP contribution >= 0.6 is 0 Å². The summed E-state index contributed by atoms with van der Waals surface area (Å²) in [6.07, 6.45) is 1.44. The van der Waals surface area contributed by atoms with Crippen molar-refractivity contribution in [2.24, 2.45) is 11.8 Å². The second-order valence-electron chi connectivity index (χ2n) is 6.64. The third-order valence-electron chi connectivity index (χ3n) is 5.49. The number of amides is 3. The Bertz CT molecular complexity index is 503. The Morgan fingerprint density at radius 1 is 1.14 bits per heavy atom. The van der Waals surface area contributed by atoms with E-state index in [4.69, 9.17) is 4.74 Å². The van der Waals surface area contributed by atoms with Crippen LogP contribution in [-0.4, -0.2) is 72.0 Å². The highest BCUT2D eigenvalue weighted by molar-refractivity contribution is 6.09. The van der Waals surface area contributed by atoms with Crippen molar-refractivity contribution in [1.29, 1.82) is 0 Å². The van der Waals surface area contributed by atoms with E-state index >= 15 is 0 Å². The Morgan fingerprint density at radius 2 is 1.68 bits per heavy atom. The molecule has 4 fully saturated rings. The topological polar surface area (TPSA) is 79.0 Å². The first-order valence-electron chi connectivity index (χ1n) is 8.11. The molecule has 0 aromatic heterocycles. The van der Waals surface area contributed by atoms with E-state index in [0.29, 0.717) is 13.1 Å². The Balaban J connectivity index is 1.53. The molecule has 5 atom stereocenters. The van der Waals surface area contributed by atoms with Crippen molar-refractivity contribution in [3.8, 4) is 0 Å². The summed E-state index contributed by atoms with van der Waals surface area (Å²) in [5.74, 6) is -1.26. The van der Waals surface area contributed by atoms with Crippen molar-refractivity contribution in [1.82, 2.24) is 15.1 Å². The second-order valence-corrected chi connectivity index (χ2v) is 6.64. The molecule has 7 nitrogen and oxygen atoms in total. The number of nitrogens with one attached hydrogen (secondary N) is 1. The molecule has 120 valence electrons. The van der Waals surface area contributed by atoms with Gasteiger partial charge in [0.05, 0.1) is 24.0 Å². The minimum absolute atomic E-state index is 0.127. The van der Waals surface area contributed by atoms with E-state index in [2.05, 4.69) is 5.32 Å². The van der Waals surface area contributed by atoms with E-state index in [-0.39, 0.29) is 41.8 Å². The van der Waals surface area contributed by atoms with Crippen molar-refractivity contribution in [3.63, 3.8) is 0 Å². The first-order valence-corrected chi connectivity index (χ1v) is 8.11. The monoisotopic (exact) mass is 307 g/mol. The molecule has 4 aliphatic rings. The minimum atomic E-state index is -0.705. The van der Waals surface area contributed by atoms with Crippen LogP contribution in [0.2, 0.25) is 0 Å². The summed E-state index contributed by atoms with van der Waals surface area (Å²) in [4.78, 5) is 40.9. The van der Waals surface area contributed by atoms with Crippen LogP contribution in [0.4, 0.5) is 0 Å². The fourth-order valence-corrected chi connectivity index (χ4v) is 4.38. The molecule has 0 saturated carbocycles. The predicted molar refractivity (Wildman–Crippen MR) is 75.6 cm³/mol. The van der Waals surface area contributed by atoms with Gasteiger partial charge in [-0.3, -0.25) is 19.3 Å². The summed E-state index contributed by atoms with van der Waals surface area (Å²) in [5.41, 5.74) is 0. The maximum absolute atomic E-state index is 12.7. The smallest absolute Gasteiger partial charge is 0.245 e. The lowest BCUT2D eigenvalue weighted by atomic mass is 9.81. The van der Waals surface area contributed by atoms with Gasteiger partial charge in [0, 0.05) is 26.2 Å². The number of likely N-dealkylation sites (tertiary alicyclic amines) is 1. The number of nitrogens with zero attached hydrogens (tertiary/aromatic N) is 2. The van der Waals surface area contributed by atoms with E-state index < -0.39 is 6.04 Å². The summed E-state index contributed by atoms with van der Waals surface area (Å²) in [6, 6.07) is -0.705. The number of carbonyl (C=O) groups excluding carboxylic acids is 3. The van der Waals surface area contributed by atoms with Gasteiger partial charge in [-0.25, -0.2) is 0 Å². The van der Waals surface area contributed by atoms with E-state index in [1.165, 1.54) is 4.90 Å². The van der Waals surface area contributed by atoms with Gasteiger partial charge in [0.2, 0.25) is 17.7 Å². The van der Waals surface area contributed by atoms with Crippen LogP contribution in [0.15, 0.2) is 0 Å². The van der Waals surface area contributed by atoms with Gasteiger partial charge >= 0.3 is 0 Å². The number of hydrogen-bond donors (Lipinski definition) is 1. The molecule has 5 unspecified atom stereocenters. The third-order valence-corrected chi connectivity index (χ3v) is 5.49. The lowest BCUT2D eigenvalue weighted by Crippen LogP contribution is -2.54. The van der Waals surface area contributed by atoms with Gasteiger partial charge in [-0.15, -0.1) is 0 Å². The van der Waals surface area contributed by atoms with Crippen molar-refractivity contribution < 1.29 is 19.1 Å². The van der Waals surface area contributed by atoms with Crippen LogP contribution in [0.3, 0.4) is 0 Å². The zero-order chi connectivity index (χ0) is 15.4. The maximum atomic E-state index is 12.7. The number of fused-ring (bicyclic) bond motifs is 5. The first-order chi connectivity index (χ1) is 10.6. The molecule has 0 aromatic rings. The molecule has 3 amide bonds. The van der Waals surface area contributed by atoms with Crippen LogP contribution in [-0.2, 0) is 19.1 Å². The van der Waals surface area contributed by atoms with Crippen molar-refractivity contribution >= 4 is 17.7 Å². The molecule has 2 bridgehead atoms. The molecule has 1 N–H and O–H groups in total. The van der Waals surface area contributed by atoms with Gasteiger partial charge in [-0.2, -0.15) is 0 Å². The van der Waals surface area contributed by atoms with Crippen molar-refractivity contribution in [2.45, 2.75) is 38.0 Å². The molecule has 4 heterocycles. The first kappa shape index (κ1) is 14.1. The highest BCUT2D eigenvalue weighted by Crippen LogP contribution is 2.48. The average Bonchev–Trinajstić information content (AvgIpc) is 3.21. The zero-order valence-corrected chi connectivity index (χ0v) is 12.7. The lowest BCUT2D eigenvalue weighted by Gasteiger charge is -2.32. The fraction of sp³-hybridized carbons (Fsp3) is 0.800. The van der Waals surface area contributed by atoms with Gasteiger partial charge in [0.25, 0.3) is 0 Å². The van der Waals surface area contributed by atoms with Crippen LogP contribution in [0.25, 0.3) is 0 Å². The van der Waals surface area contributed by atoms with Gasteiger partial charge in [-0.1, -0.05) is 0 Å². The highest BCUT2D eigenvalue weighted by atomic mass is 16.5. The molecular weight excluding hydrogens is 286 g/mol.